The van der Waals surface area contributed by atoms with Crippen LogP contribution in [0.5, 0.6) is 0 Å². The molecule has 1 N–H and O–H groups in total. The van der Waals surface area contributed by atoms with Crippen molar-refractivity contribution >= 4 is 11.4 Å². The molecule has 0 saturated carbocycles. The van der Waals surface area contributed by atoms with Crippen LogP contribution in [-0.4, -0.2) is 4.92 Å². The summed E-state index contributed by atoms with van der Waals surface area (Å²) in [6.07, 6.45) is 0. The molecule has 98 valence electrons. The average molecular weight is 264 g/mol. The number of halogens is 2. The molecule has 0 unspecified atom stereocenters. The fraction of sp³-hybridized carbons (Fsp3) is 0.0769. The van der Waals surface area contributed by atoms with Gasteiger partial charge in [-0.15, -0.1) is 0 Å². The number of nitrogens with one attached hydrogen (secondary N) is 1. The van der Waals surface area contributed by atoms with Gasteiger partial charge in [0.2, 0.25) is 5.82 Å². The van der Waals surface area contributed by atoms with Crippen molar-refractivity contribution in [2.75, 3.05) is 5.32 Å². The van der Waals surface area contributed by atoms with Gasteiger partial charge in [0.25, 0.3) is 0 Å². The Morgan fingerprint density at radius 2 is 1.79 bits per heavy atom. The van der Waals surface area contributed by atoms with Crippen LogP contribution in [0.3, 0.4) is 0 Å². The second-order valence-electron chi connectivity index (χ2n) is 3.87. The van der Waals surface area contributed by atoms with Crippen molar-refractivity contribution in [2.24, 2.45) is 0 Å². The number of nitro groups is 1. The molecule has 4 nitrogen and oxygen atoms in total. The van der Waals surface area contributed by atoms with Gasteiger partial charge in [-0.3, -0.25) is 10.1 Å². The lowest BCUT2D eigenvalue weighted by Crippen LogP contribution is -2.04. The maximum Gasteiger partial charge on any atom is 0.305 e. The van der Waals surface area contributed by atoms with Crippen molar-refractivity contribution in [3.8, 4) is 0 Å². The number of anilines is 1. The summed E-state index contributed by atoms with van der Waals surface area (Å²) in [6.45, 7) is 0.0825. The van der Waals surface area contributed by atoms with Gasteiger partial charge in [-0.1, -0.05) is 12.1 Å². The molecule has 0 bridgehead atoms. The SMILES string of the molecule is O=[N+]([O-])c1cccc(CNc2ccc(F)cc2)c1F. The predicted octanol–water partition coefficient (Wildman–Crippen LogP) is 3.49. The first-order chi connectivity index (χ1) is 9.08. The zero-order valence-corrected chi connectivity index (χ0v) is 9.77. The Hall–Kier alpha value is -2.50. The summed E-state index contributed by atoms with van der Waals surface area (Å²) in [6, 6.07) is 9.53. The van der Waals surface area contributed by atoms with E-state index in [1.54, 1.807) is 0 Å². The third-order valence-corrected chi connectivity index (χ3v) is 2.58. The standard InChI is InChI=1S/C13H10F2N2O2/c14-10-4-6-11(7-5-10)16-8-9-2-1-3-12(13(9)15)17(18)19/h1-7,16H,8H2. The van der Waals surface area contributed by atoms with Gasteiger partial charge in [0.15, 0.2) is 0 Å². The summed E-state index contributed by atoms with van der Waals surface area (Å²) in [5.41, 5.74) is 0.226. The molecule has 0 atom stereocenters. The van der Waals surface area contributed by atoms with Gasteiger partial charge in [-0.2, -0.15) is 4.39 Å². The highest BCUT2D eigenvalue weighted by Crippen LogP contribution is 2.21. The molecule has 19 heavy (non-hydrogen) atoms. The summed E-state index contributed by atoms with van der Waals surface area (Å²) in [7, 11) is 0. The summed E-state index contributed by atoms with van der Waals surface area (Å²) in [5.74, 6) is -1.23. The zero-order chi connectivity index (χ0) is 13.8. The topological polar surface area (TPSA) is 55.2 Å². The van der Waals surface area contributed by atoms with Crippen LogP contribution in [0.4, 0.5) is 20.2 Å². The lowest BCUT2D eigenvalue weighted by molar-refractivity contribution is -0.387. The highest BCUT2D eigenvalue weighted by Gasteiger charge is 2.16. The number of hydrogen-bond donors (Lipinski definition) is 1. The van der Waals surface area contributed by atoms with E-state index in [4.69, 9.17) is 0 Å². The van der Waals surface area contributed by atoms with E-state index in [1.165, 1.54) is 36.4 Å². The van der Waals surface area contributed by atoms with Gasteiger partial charge >= 0.3 is 5.69 Å². The van der Waals surface area contributed by atoms with Gasteiger partial charge in [-0.25, -0.2) is 4.39 Å². The Bertz CT molecular complexity index is 600. The van der Waals surface area contributed by atoms with E-state index < -0.39 is 16.4 Å². The van der Waals surface area contributed by atoms with Gasteiger partial charge in [0.1, 0.15) is 5.82 Å². The molecule has 0 heterocycles. The number of hydrogen-bond acceptors (Lipinski definition) is 3. The molecule has 0 aliphatic rings. The van der Waals surface area contributed by atoms with Crippen molar-refractivity contribution < 1.29 is 13.7 Å². The minimum Gasteiger partial charge on any atom is -0.381 e. The molecule has 6 heteroatoms. The second-order valence-corrected chi connectivity index (χ2v) is 3.87. The molecule has 0 aliphatic carbocycles. The highest BCUT2D eigenvalue weighted by molar-refractivity contribution is 5.45. The summed E-state index contributed by atoms with van der Waals surface area (Å²) in [4.78, 5) is 9.82. The molecule has 0 amide bonds. The van der Waals surface area contributed by atoms with Crippen molar-refractivity contribution in [1.82, 2.24) is 0 Å². The largest absolute Gasteiger partial charge is 0.381 e. The lowest BCUT2D eigenvalue weighted by atomic mass is 10.2. The Morgan fingerprint density at radius 3 is 2.42 bits per heavy atom. The molecule has 0 fully saturated rings. The Labute approximate surface area is 107 Å². The van der Waals surface area contributed by atoms with Crippen LogP contribution >= 0.6 is 0 Å². The van der Waals surface area contributed by atoms with Crippen molar-refractivity contribution in [3.63, 3.8) is 0 Å². The fourth-order valence-electron chi connectivity index (χ4n) is 1.61. The van der Waals surface area contributed by atoms with Crippen LogP contribution in [0, 0.1) is 21.7 Å². The number of nitro benzene ring substituents is 1. The smallest absolute Gasteiger partial charge is 0.305 e. The van der Waals surface area contributed by atoms with E-state index in [-0.39, 0.29) is 17.9 Å². The first-order valence-corrected chi connectivity index (χ1v) is 5.49. The maximum absolute atomic E-state index is 13.7. The summed E-state index contributed by atoms with van der Waals surface area (Å²) in [5, 5.41) is 13.5. The number of benzene rings is 2. The third-order valence-electron chi connectivity index (χ3n) is 2.58. The van der Waals surface area contributed by atoms with E-state index in [2.05, 4.69) is 5.32 Å². The molecule has 2 aromatic rings. The summed E-state index contributed by atoms with van der Waals surface area (Å²) >= 11 is 0. The molecular formula is C13H10F2N2O2. The van der Waals surface area contributed by atoms with Gasteiger partial charge in [-0.05, 0) is 24.3 Å². The molecule has 0 aromatic heterocycles. The molecule has 0 aliphatic heterocycles. The quantitative estimate of drug-likeness (QED) is 0.679. The van der Waals surface area contributed by atoms with E-state index in [0.717, 1.165) is 6.07 Å². The second kappa shape index (κ2) is 5.43. The monoisotopic (exact) mass is 264 g/mol. The molecular weight excluding hydrogens is 254 g/mol. The minimum absolute atomic E-state index is 0.0825. The zero-order valence-electron chi connectivity index (χ0n) is 9.77. The Morgan fingerprint density at radius 1 is 1.11 bits per heavy atom. The Balaban J connectivity index is 2.13. The number of nitrogens with zero attached hydrogens (tertiary/aromatic N) is 1. The van der Waals surface area contributed by atoms with E-state index in [1.807, 2.05) is 0 Å². The third kappa shape index (κ3) is 3.04. The maximum atomic E-state index is 13.7. The van der Waals surface area contributed by atoms with Gasteiger partial charge < -0.3 is 5.32 Å². The fourth-order valence-corrected chi connectivity index (χ4v) is 1.61. The molecule has 0 spiro atoms. The van der Waals surface area contributed by atoms with Crippen molar-refractivity contribution in [3.05, 3.63) is 69.8 Å². The normalized spacial score (nSPS) is 10.2. The van der Waals surface area contributed by atoms with E-state index >= 15 is 0 Å². The van der Waals surface area contributed by atoms with Crippen LogP contribution in [0.1, 0.15) is 5.56 Å². The average Bonchev–Trinajstić information content (AvgIpc) is 2.39. The minimum atomic E-state index is -0.859. The summed E-state index contributed by atoms with van der Waals surface area (Å²) < 4.78 is 26.4. The van der Waals surface area contributed by atoms with E-state index in [0.29, 0.717) is 5.69 Å². The predicted molar refractivity (Wildman–Crippen MR) is 66.8 cm³/mol. The lowest BCUT2D eigenvalue weighted by Gasteiger charge is -2.07. The van der Waals surface area contributed by atoms with Crippen molar-refractivity contribution in [1.29, 1.82) is 0 Å². The Kier molecular flexibility index (Phi) is 3.70. The molecule has 0 saturated heterocycles. The molecule has 2 aromatic carbocycles. The van der Waals surface area contributed by atoms with Crippen LogP contribution in [0.15, 0.2) is 42.5 Å². The molecule has 2 rings (SSSR count). The van der Waals surface area contributed by atoms with Crippen LogP contribution in [0.2, 0.25) is 0 Å². The highest BCUT2D eigenvalue weighted by atomic mass is 19.1. The van der Waals surface area contributed by atoms with Gasteiger partial charge in [0, 0.05) is 23.9 Å². The number of rotatable bonds is 4. The first kappa shape index (κ1) is 12.9. The first-order valence-electron chi connectivity index (χ1n) is 5.49. The van der Waals surface area contributed by atoms with Crippen molar-refractivity contribution in [2.45, 2.75) is 6.54 Å². The van der Waals surface area contributed by atoms with Crippen LogP contribution in [-0.2, 0) is 6.54 Å². The van der Waals surface area contributed by atoms with E-state index in [9.17, 15) is 18.9 Å². The van der Waals surface area contributed by atoms with Crippen LogP contribution < -0.4 is 5.32 Å². The van der Waals surface area contributed by atoms with Crippen LogP contribution in [0.25, 0.3) is 0 Å². The molecule has 0 radical (unpaired) electrons. The van der Waals surface area contributed by atoms with Gasteiger partial charge in [0.05, 0.1) is 4.92 Å².